The molecule has 0 N–H and O–H groups in total. The fourth-order valence-electron chi connectivity index (χ4n) is 6.36. The van der Waals surface area contributed by atoms with Crippen LogP contribution in [0.25, 0.3) is 0 Å². The number of rotatable bonds is 38. The largest absolute Gasteiger partial charge is 0.296 e. The SMILES string of the molecule is CCCCCCCCCCCCCCCCCCN=CC(C)SC(C)C=NCCCCCCCCCCCCCCCCCC. The van der Waals surface area contributed by atoms with Crippen molar-refractivity contribution in [1.82, 2.24) is 0 Å². The zero-order valence-corrected chi connectivity index (χ0v) is 32.5. The maximum absolute atomic E-state index is 4.72. The molecule has 0 saturated carbocycles. The highest BCUT2D eigenvalue weighted by atomic mass is 32.2. The van der Waals surface area contributed by atoms with Crippen LogP contribution in [0.15, 0.2) is 9.98 Å². The molecule has 0 radical (unpaired) electrons. The van der Waals surface area contributed by atoms with Gasteiger partial charge in [-0.15, -0.1) is 11.8 Å². The van der Waals surface area contributed by atoms with E-state index in [1.807, 2.05) is 11.8 Å². The molecule has 0 aromatic rings. The van der Waals surface area contributed by atoms with Crippen molar-refractivity contribution in [2.24, 2.45) is 9.98 Å². The summed E-state index contributed by atoms with van der Waals surface area (Å²) < 4.78 is 0. The second kappa shape index (κ2) is 39.9. The number of thioether (sulfide) groups is 1. The lowest BCUT2D eigenvalue weighted by Gasteiger charge is -2.09. The van der Waals surface area contributed by atoms with Crippen molar-refractivity contribution >= 4 is 24.2 Å². The molecule has 0 amide bonds. The molecule has 45 heavy (non-hydrogen) atoms. The van der Waals surface area contributed by atoms with E-state index in [1.165, 1.54) is 205 Å². The van der Waals surface area contributed by atoms with E-state index in [9.17, 15) is 0 Å². The Balaban J connectivity index is 3.37. The predicted molar refractivity (Wildman–Crippen MR) is 212 cm³/mol. The Bertz CT molecular complexity index is 539. The number of nitrogens with zero attached hydrogens (tertiary/aromatic N) is 2. The zero-order valence-electron chi connectivity index (χ0n) is 31.7. The smallest absolute Gasteiger partial charge is 0.0385 e. The van der Waals surface area contributed by atoms with Gasteiger partial charge in [-0.1, -0.05) is 206 Å². The van der Waals surface area contributed by atoms with E-state index >= 15 is 0 Å². The van der Waals surface area contributed by atoms with Gasteiger partial charge in [-0.05, 0) is 26.7 Å². The first-order valence-electron chi connectivity index (χ1n) is 20.9. The number of hydrogen-bond donors (Lipinski definition) is 0. The molecule has 2 atom stereocenters. The fourth-order valence-corrected chi connectivity index (χ4v) is 7.35. The summed E-state index contributed by atoms with van der Waals surface area (Å²) in [5.41, 5.74) is 0. The fraction of sp³-hybridized carbons (Fsp3) is 0.952. The first kappa shape index (κ1) is 44.7. The summed E-state index contributed by atoms with van der Waals surface area (Å²) in [6.07, 6.45) is 50.0. The molecule has 3 heteroatoms. The van der Waals surface area contributed by atoms with Gasteiger partial charge < -0.3 is 0 Å². The van der Waals surface area contributed by atoms with Crippen molar-refractivity contribution in [3.8, 4) is 0 Å². The molecule has 0 rings (SSSR count). The molecule has 0 heterocycles. The Morgan fingerprint density at radius 1 is 0.333 bits per heavy atom. The van der Waals surface area contributed by atoms with Gasteiger partial charge in [0.2, 0.25) is 0 Å². The summed E-state index contributed by atoms with van der Waals surface area (Å²) in [6.45, 7) is 11.2. The number of hydrogen-bond acceptors (Lipinski definition) is 3. The van der Waals surface area contributed by atoms with Crippen molar-refractivity contribution in [2.75, 3.05) is 13.1 Å². The minimum absolute atomic E-state index is 0.475. The molecule has 0 bridgehead atoms. The summed E-state index contributed by atoms with van der Waals surface area (Å²) in [4.78, 5) is 9.44. The maximum atomic E-state index is 4.72. The summed E-state index contributed by atoms with van der Waals surface area (Å²) >= 11 is 1.98. The summed E-state index contributed by atoms with van der Waals surface area (Å²) in [7, 11) is 0. The Hall–Kier alpha value is -0.310. The normalized spacial score (nSPS) is 13.4. The van der Waals surface area contributed by atoms with Crippen LogP contribution < -0.4 is 0 Å². The molecule has 2 unspecified atom stereocenters. The number of unbranched alkanes of at least 4 members (excludes halogenated alkanes) is 30. The van der Waals surface area contributed by atoms with Crippen molar-refractivity contribution in [3.05, 3.63) is 0 Å². The van der Waals surface area contributed by atoms with Gasteiger partial charge in [0.1, 0.15) is 0 Å². The van der Waals surface area contributed by atoms with Crippen molar-refractivity contribution in [1.29, 1.82) is 0 Å². The van der Waals surface area contributed by atoms with Crippen LogP contribution in [0.3, 0.4) is 0 Å². The van der Waals surface area contributed by atoms with Crippen LogP contribution in [0.1, 0.15) is 233 Å². The molecule has 0 aliphatic heterocycles. The Labute approximate surface area is 290 Å². The van der Waals surface area contributed by atoms with E-state index in [4.69, 9.17) is 9.98 Å². The minimum Gasteiger partial charge on any atom is -0.296 e. The second-order valence-electron chi connectivity index (χ2n) is 14.3. The molecular formula is C42H84N2S. The van der Waals surface area contributed by atoms with Gasteiger partial charge >= 0.3 is 0 Å². The third-order valence-corrected chi connectivity index (χ3v) is 10.4. The van der Waals surface area contributed by atoms with Crippen LogP contribution in [0.5, 0.6) is 0 Å². The topological polar surface area (TPSA) is 24.7 Å². The van der Waals surface area contributed by atoms with Gasteiger partial charge in [0.15, 0.2) is 0 Å². The molecule has 0 aromatic carbocycles. The van der Waals surface area contributed by atoms with E-state index in [1.54, 1.807) is 0 Å². The summed E-state index contributed by atoms with van der Waals surface area (Å²) in [6, 6.07) is 0. The van der Waals surface area contributed by atoms with Crippen molar-refractivity contribution in [2.45, 2.75) is 244 Å². The van der Waals surface area contributed by atoms with Crippen molar-refractivity contribution in [3.63, 3.8) is 0 Å². The van der Waals surface area contributed by atoms with Crippen LogP contribution in [0.2, 0.25) is 0 Å². The average molecular weight is 649 g/mol. The minimum atomic E-state index is 0.475. The van der Waals surface area contributed by atoms with E-state index in [2.05, 4.69) is 40.1 Å². The second-order valence-corrected chi connectivity index (χ2v) is 16.0. The van der Waals surface area contributed by atoms with Crippen LogP contribution in [-0.4, -0.2) is 36.0 Å². The van der Waals surface area contributed by atoms with E-state index in [-0.39, 0.29) is 0 Å². The van der Waals surface area contributed by atoms with Crippen LogP contribution >= 0.6 is 11.8 Å². The number of aliphatic imine (C=N–C) groups is 2. The molecule has 0 aliphatic rings. The lowest BCUT2D eigenvalue weighted by atomic mass is 10.0. The van der Waals surface area contributed by atoms with Crippen LogP contribution in [0.4, 0.5) is 0 Å². The lowest BCUT2D eigenvalue weighted by molar-refractivity contribution is 0.530. The van der Waals surface area contributed by atoms with E-state index in [0.717, 1.165) is 13.1 Å². The van der Waals surface area contributed by atoms with Crippen LogP contribution in [0, 0.1) is 0 Å². The Morgan fingerprint density at radius 3 is 0.756 bits per heavy atom. The molecule has 0 fully saturated rings. The van der Waals surface area contributed by atoms with Gasteiger partial charge in [0, 0.05) is 36.0 Å². The third-order valence-electron chi connectivity index (χ3n) is 9.34. The molecule has 2 nitrogen and oxygen atoms in total. The van der Waals surface area contributed by atoms with Crippen molar-refractivity contribution < 1.29 is 0 Å². The lowest BCUT2D eigenvalue weighted by Crippen LogP contribution is -2.08. The standard InChI is InChI=1S/C42H84N2S/c1-5-7-9-11-13-15-17-19-21-23-25-27-29-31-33-35-37-43-39-41(3)45-42(4)40-44-38-36-34-32-30-28-26-24-22-20-18-16-14-12-10-8-6-2/h39-42H,5-38H2,1-4H3. The van der Waals surface area contributed by atoms with Gasteiger partial charge in [0.05, 0.1) is 0 Å². The average Bonchev–Trinajstić information content (AvgIpc) is 3.03. The summed E-state index contributed by atoms with van der Waals surface area (Å²) in [5, 5.41) is 0.950. The first-order chi connectivity index (χ1) is 22.2. The molecule has 0 aromatic heterocycles. The molecule has 0 aliphatic carbocycles. The highest BCUT2D eigenvalue weighted by Crippen LogP contribution is 2.17. The summed E-state index contributed by atoms with van der Waals surface area (Å²) in [5.74, 6) is 0. The van der Waals surface area contributed by atoms with Gasteiger partial charge in [0.25, 0.3) is 0 Å². The molecule has 0 saturated heterocycles. The highest BCUT2D eigenvalue weighted by molar-refractivity contribution is 8.01. The Kier molecular flexibility index (Phi) is 39.6. The van der Waals surface area contributed by atoms with E-state index in [0.29, 0.717) is 10.5 Å². The van der Waals surface area contributed by atoms with Gasteiger partial charge in [-0.3, -0.25) is 9.98 Å². The maximum Gasteiger partial charge on any atom is 0.0385 e. The molecule has 0 spiro atoms. The third kappa shape index (κ3) is 39.8. The Morgan fingerprint density at radius 2 is 0.533 bits per heavy atom. The molecular weight excluding hydrogens is 565 g/mol. The van der Waals surface area contributed by atoms with Gasteiger partial charge in [-0.2, -0.15) is 0 Å². The quantitative estimate of drug-likeness (QED) is 0.0483. The highest BCUT2D eigenvalue weighted by Gasteiger charge is 2.04. The van der Waals surface area contributed by atoms with Gasteiger partial charge in [-0.25, -0.2) is 0 Å². The van der Waals surface area contributed by atoms with Crippen LogP contribution in [-0.2, 0) is 0 Å². The molecule has 268 valence electrons. The first-order valence-corrected chi connectivity index (χ1v) is 21.8. The van der Waals surface area contributed by atoms with E-state index < -0.39 is 0 Å². The predicted octanol–water partition coefficient (Wildman–Crippen LogP) is 15.2. The zero-order chi connectivity index (χ0) is 32.7. The monoisotopic (exact) mass is 649 g/mol.